The average molecular weight is 523 g/mol. The molecule has 10 rings (SSSR count). The molecule has 2 heteroatoms. The summed E-state index contributed by atoms with van der Waals surface area (Å²) >= 11 is 0. The van der Waals surface area contributed by atoms with Crippen molar-refractivity contribution in [3.8, 4) is 16.8 Å². The average Bonchev–Trinajstić information content (AvgIpc) is 3.69. The van der Waals surface area contributed by atoms with Gasteiger partial charge < -0.3 is 8.97 Å². The quantitative estimate of drug-likeness (QED) is 0.203. The number of rotatable bonds is 1. The highest BCUT2D eigenvalue weighted by Crippen LogP contribution is 2.51. The molecule has 0 fully saturated rings. The molecule has 0 radical (unpaired) electrons. The van der Waals surface area contributed by atoms with Crippen molar-refractivity contribution in [1.29, 1.82) is 0 Å². The summed E-state index contributed by atoms with van der Waals surface area (Å²) in [5, 5.41) is 7.91. The molecule has 192 valence electrons. The van der Waals surface area contributed by atoms with Crippen LogP contribution in [0.2, 0.25) is 0 Å². The van der Waals surface area contributed by atoms with E-state index in [0.29, 0.717) is 0 Å². The zero-order chi connectivity index (χ0) is 27.0. The fraction of sp³-hybridized carbons (Fsp3) is 0.0769. The highest BCUT2D eigenvalue weighted by molar-refractivity contribution is 6.26. The topological polar surface area (TPSA) is 9.34 Å². The minimum absolute atomic E-state index is 0.0169. The van der Waals surface area contributed by atoms with Crippen LogP contribution in [0.5, 0.6) is 0 Å². The minimum Gasteiger partial charge on any atom is -0.309 e. The number of para-hydroxylation sites is 3. The van der Waals surface area contributed by atoms with Crippen LogP contribution in [0.25, 0.3) is 76.7 Å². The van der Waals surface area contributed by atoms with Gasteiger partial charge in [0.1, 0.15) is 0 Å². The highest BCUT2D eigenvalue weighted by Gasteiger charge is 2.36. The van der Waals surface area contributed by atoms with Gasteiger partial charge >= 0.3 is 0 Å². The molecule has 0 saturated heterocycles. The van der Waals surface area contributed by atoms with Crippen molar-refractivity contribution >= 4 is 59.9 Å². The van der Waals surface area contributed by atoms with Crippen molar-refractivity contribution in [2.45, 2.75) is 19.3 Å². The van der Waals surface area contributed by atoms with E-state index in [-0.39, 0.29) is 5.41 Å². The van der Waals surface area contributed by atoms with Crippen molar-refractivity contribution in [1.82, 2.24) is 8.97 Å². The van der Waals surface area contributed by atoms with Crippen LogP contribution >= 0.6 is 0 Å². The van der Waals surface area contributed by atoms with E-state index >= 15 is 0 Å². The maximum atomic E-state index is 2.54. The molecule has 0 spiro atoms. The van der Waals surface area contributed by atoms with Gasteiger partial charge in [0.15, 0.2) is 0 Å². The maximum Gasteiger partial charge on any atom is 0.0620 e. The summed E-state index contributed by atoms with van der Waals surface area (Å²) in [5.41, 5.74) is 13.1. The molecule has 0 unspecified atom stereocenters. The highest BCUT2D eigenvalue weighted by atomic mass is 15.0. The van der Waals surface area contributed by atoms with E-state index in [1.54, 1.807) is 0 Å². The van der Waals surface area contributed by atoms with Crippen molar-refractivity contribution in [2.24, 2.45) is 0 Å². The molecule has 1 aliphatic carbocycles. The Balaban J connectivity index is 1.41. The van der Waals surface area contributed by atoms with Crippen molar-refractivity contribution in [3.63, 3.8) is 0 Å². The van der Waals surface area contributed by atoms with Gasteiger partial charge in [-0.25, -0.2) is 0 Å². The first-order valence-corrected chi connectivity index (χ1v) is 14.5. The van der Waals surface area contributed by atoms with Crippen LogP contribution in [0.3, 0.4) is 0 Å². The second-order valence-electron chi connectivity index (χ2n) is 12.2. The van der Waals surface area contributed by atoms with Gasteiger partial charge in [-0.3, -0.25) is 0 Å². The summed E-state index contributed by atoms with van der Waals surface area (Å²) in [5.74, 6) is 0. The first-order chi connectivity index (χ1) is 20.1. The van der Waals surface area contributed by atoms with Gasteiger partial charge in [0, 0.05) is 43.4 Å². The fourth-order valence-corrected chi connectivity index (χ4v) is 7.99. The number of benzene rings is 6. The molecular formula is C39H26N2. The normalized spacial score (nSPS) is 14.3. The van der Waals surface area contributed by atoms with Crippen LogP contribution in [0.1, 0.15) is 25.0 Å². The number of hydrogen-bond acceptors (Lipinski definition) is 0. The van der Waals surface area contributed by atoms with Crippen LogP contribution < -0.4 is 0 Å². The van der Waals surface area contributed by atoms with E-state index in [1.807, 2.05) is 0 Å². The Bertz CT molecular complexity index is 2540. The Hall–Kier alpha value is -5.08. The van der Waals surface area contributed by atoms with Gasteiger partial charge in [-0.2, -0.15) is 0 Å². The molecule has 41 heavy (non-hydrogen) atoms. The van der Waals surface area contributed by atoms with Crippen molar-refractivity contribution in [3.05, 3.63) is 132 Å². The van der Waals surface area contributed by atoms with Gasteiger partial charge in [0.25, 0.3) is 0 Å². The third kappa shape index (κ3) is 2.50. The Morgan fingerprint density at radius 2 is 1.10 bits per heavy atom. The van der Waals surface area contributed by atoms with Crippen LogP contribution in [0.4, 0.5) is 0 Å². The lowest BCUT2D eigenvalue weighted by Gasteiger charge is -2.21. The van der Waals surface area contributed by atoms with E-state index in [0.717, 1.165) is 0 Å². The van der Waals surface area contributed by atoms with Gasteiger partial charge in [0.05, 0.1) is 27.6 Å². The molecule has 0 bridgehead atoms. The molecule has 1 aliphatic rings. The van der Waals surface area contributed by atoms with E-state index in [2.05, 4.69) is 144 Å². The number of nitrogens with zero attached hydrogens (tertiary/aromatic N) is 2. The summed E-state index contributed by atoms with van der Waals surface area (Å²) in [4.78, 5) is 0. The molecule has 3 aromatic heterocycles. The minimum atomic E-state index is -0.0169. The monoisotopic (exact) mass is 522 g/mol. The SMILES string of the molecule is CC1(C)c2ccccc2-c2cc3c(cc21)c1cccc2c4cc5c6ccccc6n(-c6ccccc6)c5cc4n3c12. The van der Waals surface area contributed by atoms with E-state index in [9.17, 15) is 0 Å². The summed E-state index contributed by atoms with van der Waals surface area (Å²) in [7, 11) is 0. The smallest absolute Gasteiger partial charge is 0.0620 e. The first-order valence-electron chi connectivity index (χ1n) is 14.5. The standard InChI is InChI=1S/C39H26N2/c1-39(2)32-17-8-6-13-24(32)28-21-35-31(20-33(28)39)27-16-10-15-26-30-19-29-25-14-7-9-18-34(25)40(23-11-4-3-5-12-23)36(29)22-37(30)41(35)38(26)27/h3-22H,1-2H3. The molecular weight excluding hydrogens is 496 g/mol. The maximum absolute atomic E-state index is 2.54. The summed E-state index contributed by atoms with van der Waals surface area (Å²) in [6.45, 7) is 4.74. The predicted octanol–water partition coefficient (Wildman–Crippen LogP) is 10.2. The van der Waals surface area contributed by atoms with Crippen LogP contribution in [-0.2, 0) is 5.41 Å². The lowest BCUT2D eigenvalue weighted by Crippen LogP contribution is -2.14. The van der Waals surface area contributed by atoms with Gasteiger partial charge in [-0.15, -0.1) is 0 Å². The zero-order valence-electron chi connectivity index (χ0n) is 22.9. The Kier molecular flexibility index (Phi) is 3.79. The van der Waals surface area contributed by atoms with Gasteiger partial charge in [0.2, 0.25) is 0 Å². The van der Waals surface area contributed by atoms with Gasteiger partial charge in [-0.1, -0.05) is 92.7 Å². The summed E-state index contributed by atoms with van der Waals surface area (Å²) in [6, 6.07) is 45.2. The van der Waals surface area contributed by atoms with E-state index < -0.39 is 0 Å². The molecule has 0 saturated carbocycles. The largest absolute Gasteiger partial charge is 0.309 e. The van der Waals surface area contributed by atoms with E-state index in [1.165, 1.54) is 87.8 Å². The Labute approximate surface area is 237 Å². The van der Waals surface area contributed by atoms with Crippen molar-refractivity contribution in [2.75, 3.05) is 0 Å². The van der Waals surface area contributed by atoms with Gasteiger partial charge in [-0.05, 0) is 64.7 Å². The summed E-state index contributed by atoms with van der Waals surface area (Å²) in [6.07, 6.45) is 0. The van der Waals surface area contributed by atoms with Crippen molar-refractivity contribution < 1.29 is 0 Å². The number of fused-ring (bicyclic) bond motifs is 12. The number of hydrogen-bond donors (Lipinski definition) is 0. The molecule has 6 aromatic carbocycles. The Morgan fingerprint density at radius 3 is 1.95 bits per heavy atom. The molecule has 9 aromatic rings. The molecule has 2 nitrogen and oxygen atoms in total. The third-order valence-electron chi connectivity index (χ3n) is 9.83. The summed E-state index contributed by atoms with van der Waals surface area (Å²) < 4.78 is 4.96. The first kappa shape index (κ1) is 21.7. The lowest BCUT2D eigenvalue weighted by atomic mass is 9.82. The molecule has 0 atom stereocenters. The third-order valence-corrected chi connectivity index (χ3v) is 9.83. The van der Waals surface area contributed by atoms with Crippen LogP contribution in [0.15, 0.2) is 121 Å². The lowest BCUT2D eigenvalue weighted by molar-refractivity contribution is 0.661. The Morgan fingerprint density at radius 1 is 0.439 bits per heavy atom. The molecule has 0 N–H and O–H groups in total. The fourth-order valence-electron chi connectivity index (χ4n) is 7.99. The van der Waals surface area contributed by atoms with E-state index in [4.69, 9.17) is 0 Å². The number of aromatic nitrogens is 2. The predicted molar refractivity (Wildman–Crippen MR) is 173 cm³/mol. The zero-order valence-corrected chi connectivity index (χ0v) is 22.9. The van der Waals surface area contributed by atoms with Crippen LogP contribution in [-0.4, -0.2) is 8.97 Å². The van der Waals surface area contributed by atoms with Crippen LogP contribution in [0, 0.1) is 0 Å². The molecule has 3 heterocycles. The molecule has 0 aliphatic heterocycles. The second-order valence-corrected chi connectivity index (χ2v) is 12.2. The molecule has 0 amide bonds. The second kappa shape index (κ2) is 7.16.